The Balaban J connectivity index is 1.68. The van der Waals surface area contributed by atoms with Crippen LogP contribution in [0.25, 0.3) is 0 Å². The fourth-order valence-electron chi connectivity index (χ4n) is 2.74. The number of hydrogen-bond acceptors (Lipinski definition) is 3. The Kier molecular flexibility index (Phi) is 3.44. The van der Waals surface area contributed by atoms with Crippen LogP contribution in [0.2, 0.25) is 5.02 Å². The third-order valence-electron chi connectivity index (χ3n) is 4.43. The molecule has 2 aliphatic carbocycles. The number of carbonyl (C=O) groups excluding carboxylic acids is 1. The molecule has 3 rings (SSSR count). The molecule has 1 aromatic heterocycles. The molecule has 0 saturated heterocycles. The van der Waals surface area contributed by atoms with Crippen molar-refractivity contribution in [1.82, 2.24) is 15.3 Å². The van der Waals surface area contributed by atoms with E-state index >= 15 is 0 Å². The highest BCUT2D eigenvalue weighted by Crippen LogP contribution is 2.60. The van der Waals surface area contributed by atoms with Gasteiger partial charge < -0.3 is 5.32 Å². The largest absolute Gasteiger partial charge is 0.350 e. The van der Waals surface area contributed by atoms with Crippen molar-refractivity contribution in [2.24, 2.45) is 11.3 Å². The van der Waals surface area contributed by atoms with E-state index in [2.05, 4.69) is 15.3 Å². The van der Waals surface area contributed by atoms with Crippen LogP contribution >= 0.6 is 11.6 Å². The standard InChI is InChI=1S/C15H20ClN3O/c1-9(2)13-17-7-11(16)12(19-13)14(20)18-8-15(5-6-15)10-3-4-10/h7,9-10H,3-6,8H2,1-2H3,(H,18,20). The van der Waals surface area contributed by atoms with Gasteiger partial charge >= 0.3 is 0 Å². The van der Waals surface area contributed by atoms with Crippen molar-refractivity contribution in [1.29, 1.82) is 0 Å². The number of nitrogens with one attached hydrogen (secondary N) is 1. The predicted octanol–water partition coefficient (Wildman–Crippen LogP) is 3.17. The minimum Gasteiger partial charge on any atom is -0.350 e. The SMILES string of the molecule is CC(C)c1ncc(Cl)c(C(=O)NCC2(C3CC3)CC2)n1. The second kappa shape index (κ2) is 4.99. The van der Waals surface area contributed by atoms with E-state index in [0.717, 1.165) is 12.5 Å². The Bertz CT molecular complexity index is 536. The maximum Gasteiger partial charge on any atom is 0.271 e. The zero-order chi connectivity index (χ0) is 14.3. The number of carbonyl (C=O) groups is 1. The van der Waals surface area contributed by atoms with Crippen molar-refractivity contribution in [2.45, 2.75) is 45.4 Å². The van der Waals surface area contributed by atoms with Gasteiger partial charge in [0.15, 0.2) is 0 Å². The Hall–Kier alpha value is -1.16. The molecule has 2 fully saturated rings. The van der Waals surface area contributed by atoms with Crippen molar-refractivity contribution in [3.8, 4) is 0 Å². The second-order valence-electron chi connectivity index (χ2n) is 6.40. The number of rotatable bonds is 5. The van der Waals surface area contributed by atoms with E-state index in [9.17, 15) is 4.79 Å². The summed E-state index contributed by atoms with van der Waals surface area (Å²) in [5.74, 6) is 1.49. The van der Waals surface area contributed by atoms with Gasteiger partial charge in [0.05, 0.1) is 11.2 Å². The maximum atomic E-state index is 12.3. The van der Waals surface area contributed by atoms with Crippen molar-refractivity contribution >= 4 is 17.5 Å². The smallest absolute Gasteiger partial charge is 0.271 e. The highest BCUT2D eigenvalue weighted by atomic mass is 35.5. The zero-order valence-electron chi connectivity index (χ0n) is 11.9. The monoisotopic (exact) mass is 293 g/mol. The molecular weight excluding hydrogens is 274 g/mol. The Morgan fingerprint density at radius 2 is 2.20 bits per heavy atom. The summed E-state index contributed by atoms with van der Waals surface area (Å²) in [4.78, 5) is 20.7. The summed E-state index contributed by atoms with van der Waals surface area (Å²) in [6, 6.07) is 0. The fourth-order valence-corrected chi connectivity index (χ4v) is 2.92. The summed E-state index contributed by atoms with van der Waals surface area (Å²) < 4.78 is 0. The van der Waals surface area contributed by atoms with Crippen molar-refractivity contribution in [3.63, 3.8) is 0 Å². The zero-order valence-corrected chi connectivity index (χ0v) is 12.7. The summed E-state index contributed by atoms with van der Waals surface area (Å²) in [5, 5.41) is 3.34. The van der Waals surface area contributed by atoms with E-state index in [0.29, 0.717) is 22.0 Å². The lowest BCUT2D eigenvalue weighted by atomic mass is 10.0. The third kappa shape index (κ3) is 2.66. The van der Waals surface area contributed by atoms with Gasteiger partial charge in [0, 0.05) is 12.5 Å². The normalized spacial score (nSPS) is 20.0. The van der Waals surface area contributed by atoms with Gasteiger partial charge in [0.25, 0.3) is 5.91 Å². The van der Waals surface area contributed by atoms with Crippen LogP contribution in [0, 0.1) is 11.3 Å². The van der Waals surface area contributed by atoms with Gasteiger partial charge in [-0.2, -0.15) is 0 Å². The summed E-state index contributed by atoms with van der Waals surface area (Å²) in [7, 11) is 0. The van der Waals surface area contributed by atoms with E-state index in [1.165, 1.54) is 31.9 Å². The lowest BCUT2D eigenvalue weighted by molar-refractivity contribution is 0.0937. The van der Waals surface area contributed by atoms with Crippen molar-refractivity contribution in [2.75, 3.05) is 6.54 Å². The molecule has 0 aromatic carbocycles. The molecule has 1 N–H and O–H groups in total. The maximum absolute atomic E-state index is 12.3. The molecule has 0 bridgehead atoms. The van der Waals surface area contributed by atoms with Crippen LogP contribution in [0.15, 0.2) is 6.20 Å². The van der Waals surface area contributed by atoms with Crippen LogP contribution in [-0.2, 0) is 0 Å². The molecule has 5 heteroatoms. The van der Waals surface area contributed by atoms with Crippen LogP contribution in [0.4, 0.5) is 0 Å². The fraction of sp³-hybridized carbons (Fsp3) is 0.667. The van der Waals surface area contributed by atoms with Crippen molar-refractivity contribution < 1.29 is 4.79 Å². The van der Waals surface area contributed by atoms with Crippen LogP contribution in [0.1, 0.15) is 61.8 Å². The number of halogens is 1. The average Bonchev–Trinajstić information content (AvgIpc) is 3.27. The first-order chi connectivity index (χ1) is 9.52. The predicted molar refractivity (Wildman–Crippen MR) is 77.9 cm³/mol. The molecule has 2 saturated carbocycles. The van der Waals surface area contributed by atoms with Crippen LogP contribution in [0.5, 0.6) is 0 Å². The Labute approximate surface area is 124 Å². The van der Waals surface area contributed by atoms with E-state index in [1.807, 2.05) is 13.8 Å². The molecule has 1 aromatic rings. The van der Waals surface area contributed by atoms with Gasteiger partial charge in [0.2, 0.25) is 0 Å². The molecule has 1 heterocycles. The summed E-state index contributed by atoms with van der Waals surface area (Å²) in [6.07, 6.45) is 6.65. The van der Waals surface area contributed by atoms with Crippen LogP contribution < -0.4 is 5.32 Å². The summed E-state index contributed by atoms with van der Waals surface area (Å²) >= 11 is 6.05. The van der Waals surface area contributed by atoms with Gasteiger partial charge in [-0.1, -0.05) is 25.4 Å². The quantitative estimate of drug-likeness (QED) is 0.907. The lowest BCUT2D eigenvalue weighted by Gasteiger charge is -2.15. The van der Waals surface area contributed by atoms with E-state index in [4.69, 9.17) is 11.6 Å². The lowest BCUT2D eigenvalue weighted by Crippen LogP contribution is -2.32. The van der Waals surface area contributed by atoms with Crippen molar-refractivity contribution in [3.05, 3.63) is 22.7 Å². The minimum atomic E-state index is -0.175. The summed E-state index contributed by atoms with van der Waals surface area (Å²) in [6.45, 7) is 4.75. The molecule has 2 aliphatic rings. The molecule has 20 heavy (non-hydrogen) atoms. The topological polar surface area (TPSA) is 54.9 Å². The highest BCUT2D eigenvalue weighted by Gasteiger charge is 2.53. The van der Waals surface area contributed by atoms with E-state index in [1.54, 1.807) is 0 Å². The van der Waals surface area contributed by atoms with Gasteiger partial charge in [-0.3, -0.25) is 4.79 Å². The van der Waals surface area contributed by atoms with Gasteiger partial charge in [-0.05, 0) is 37.0 Å². The number of hydrogen-bond donors (Lipinski definition) is 1. The molecule has 0 spiro atoms. The molecule has 0 radical (unpaired) electrons. The summed E-state index contributed by atoms with van der Waals surface area (Å²) in [5.41, 5.74) is 0.688. The molecule has 0 atom stereocenters. The molecule has 108 valence electrons. The average molecular weight is 294 g/mol. The molecular formula is C15H20ClN3O. The van der Waals surface area contributed by atoms with Gasteiger partial charge in [-0.15, -0.1) is 0 Å². The third-order valence-corrected chi connectivity index (χ3v) is 4.71. The van der Waals surface area contributed by atoms with E-state index in [-0.39, 0.29) is 11.8 Å². The van der Waals surface area contributed by atoms with Gasteiger partial charge in [0.1, 0.15) is 11.5 Å². The highest BCUT2D eigenvalue weighted by molar-refractivity contribution is 6.33. The Morgan fingerprint density at radius 3 is 2.75 bits per heavy atom. The Morgan fingerprint density at radius 1 is 1.50 bits per heavy atom. The first-order valence-corrected chi connectivity index (χ1v) is 7.70. The van der Waals surface area contributed by atoms with Gasteiger partial charge in [-0.25, -0.2) is 9.97 Å². The first-order valence-electron chi connectivity index (χ1n) is 7.32. The van der Waals surface area contributed by atoms with Crippen LogP contribution in [-0.4, -0.2) is 22.4 Å². The number of nitrogens with zero attached hydrogens (tertiary/aromatic N) is 2. The molecule has 0 unspecified atom stereocenters. The van der Waals surface area contributed by atoms with E-state index < -0.39 is 0 Å². The minimum absolute atomic E-state index is 0.175. The number of aromatic nitrogens is 2. The number of amides is 1. The molecule has 0 aliphatic heterocycles. The second-order valence-corrected chi connectivity index (χ2v) is 6.81. The van der Waals surface area contributed by atoms with Crippen LogP contribution in [0.3, 0.4) is 0 Å². The first kappa shape index (κ1) is 13.8. The molecule has 4 nitrogen and oxygen atoms in total. The molecule has 1 amide bonds.